The first-order valence-corrected chi connectivity index (χ1v) is 12.0. The van der Waals surface area contributed by atoms with Crippen molar-refractivity contribution in [3.05, 3.63) is 94.7 Å². The van der Waals surface area contributed by atoms with Gasteiger partial charge in [0.1, 0.15) is 11.5 Å². The van der Waals surface area contributed by atoms with Crippen LogP contribution in [0.2, 0.25) is 0 Å². The quantitative estimate of drug-likeness (QED) is 0.425. The molecule has 36 heavy (non-hydrogen) atoms. The van der Waals surface area contributed by atoms with E-state index < -0.39 is 6.04 Å². The van der Waals surface area contributed by atoms with E-state index in [9.17, 15) is 9.59 Å². The van der Waals surface area contributed by atoms with Gasteiger partial charge in [0.2, 0.25) is 0 Å². The van der Waals surface area contributed by atoms with Gasteiger partial charge in [-0.05, 0) is 42.2 Å². The maximum absolute atomic E-state index is 13.6. The van der Waals surface area contributed by atoms with Gasteiger partial charge in [0.25, 0.3) is 0 Å². The molecular formula is C30H30N2O4. The van der Waals surface area contributed by atoms with Crippen LogP contribution in [-0.4, -0.2) is 25.8 Å². The molecule has 0 aromatic heterocycles. The number of ketones is 2. The van der Waals surface area contributed by atoms with E-state index in [0.29, 0.717) is 41.0 Å². The number of ether oxygens (including phenoxy) is 2. The lowest BCUT2D eigenvalue weighted by Gasteiger charge is -2.34. The van der Waals surface area contributed by atoms with Crippen LogP contribution in [0.3, 0.4) is 0 Å². The van der Waals surface area contributed by atoms with Crippen LogP contribution in [0.15, 0.2) is 78.0 Å². The molecule has 3 aromatic rings. The van der Waals surface area contributed by atoms with E-state index >= 15 is 0 Å². The summed E-state index contributed by atoms with van der Waals surface area (Å²) in [6.07, 6.45) is 1.17. The summed E-state index contributed by atoms with van der Waals surface area (Å²) in [5.41, 5.74) is 5.02. The Hall–Kier alpha value is -4.06. The maximum atomic E-state index is 13.6. The minimum atomic E-state index is -0.422. The zero-order valence-corrected chi connectivity index (χ0v) is 21.0. The Kier molecular flexibility index (Phi) is 6.04. The topological polar surface area (TPSA) is 76.7 Å². The normalized spacial score (nSPS) is 18.2. The number of hydrogen-bond acceptors (Lipinski definition) is 6. The van der Waals surface area contributed by atoms with Crippen molar-refractivity contribution in [1.82, 2.24) is 0 Å². The SMILES string of the molecule is COc1ccc(C2Nc3ccc(C(=O)c4ccccc4)cc3NC3=C2C(=O)CC(C)(C)C3)c(OC)c1. The largest absolute Gasteiger partial charge is 0.497 e. The number of hydrogen-bond donors (Lipinski definition) is 2. The predicted octanol–water partition coefficient (Wildman–Crippen LogP) is 6.16. The number of fused-ring (bicyclic) bond motifs is 1. The second-order valence-corrected chi connectivity index (χ2v) is 10.1. The van der Waals surface area contributed by atoms with Crippen LogP contribution >= 0.6 is 0 Å². The summed E-state index contributed by atoms with van der Waals surface area (Å²) in [6.45, 7) is 4.21. The Balaban J connectivity index is 1.63. The highest BCUT2D eigenvalue weighted by molar-refractivity contribution is 6.10. The molecule has 1 atom stereocenters. The molecule has 6 nitrogen and oxygen atoms in total. The molecule has 0 radical (unpaired) electrons. The van der Waals surface area contributed by atoms with E-state index in [1.54, 1.807) is 14.2 Å². The summed E-state index contributed by atoms with van der Waals surface area (Å²) >= 11 is 0. The van der Waals surface area contributed by atoms with Crippen molar-refractivity contribution < 1.29 is 19.1 Å². The number of allylic oxidation sites excluding steroid dienone is 1. The van der Waals surface area contributed by atoms with Crippen LogP contribution in [0.4, 0.5) is 11.4 Å². The average molecular weight is 483 g/mol. The van der Waals surface area contributed by atoms with Gasteiger partial charge in [0.15, 0.2) is 11.6 Å². The number of methoxy groups -OCH3 is 2. The smallest absolute Gasteiger partial charge is 0.193 e. The van der Waals surface area contributed by atoms with Crippen LogP contribution in [0.5, 0.6) is 11.5 Å². The molecule has 1 heterocycles. The second-order valence-electron chi connectivity index (χ2n) is 10.1. The van der Waals surface area contributed by atoms with Crippen LogP contribution in [0, 0.1) is 5.41 Å². The van der Waals surface area contributed by atoms with E-state index in [0.717, 1.165) is 22.6 Å². The molecule has 1 unspecified atom stereocenters. The zero-order valence-electron chi connectivity index (χ0n) is 21.0. The Morgan fingerprint density at radius 2 is 1.67 bits per heavy atom. The van der Waals surface area contributed by atoms with Crippen LogP contribution in [0.25, 0.3) is 0 Å². The fraction of sp³-hybridized carbons (Fsp3) is 0.267. The van der Waals surface area contributed by atoms with Crippen molar-refractivity contribution in [1.29, 1.82) is 0 Å². The molecule has 0 saturated heterocycles. The summed E-state index contributed by atoms with van der Waals surface area (Å²) in [6, 6.07) is 20.0. The van der Waals surface area contributed by atoms with Gasteiger partial charge in [0.05, 0.1) is 31.6 Å². The first-order chi connectivity index (χ1) is 17.3. The highest BCUT2D eigenvalue weighted by atomic mass is 16.5. The standard InChI is InChI=1S/C30H30N2O4/c1-30(2)16-24-27(25(33)17-30)28(21-12-11-20(35-3)15-26(21)36-4)32-22-13-10-19(14-23(22)31-24)29(34)18-8-6-5-7-9-18/h5-15,28,31-32H,16-17H2,1-4H3. The number of anilines is 2. The van der Waals surface area contributed by atoms with Gasteiger partial charge in [-0.15, -0.1) is 0 Å². The highest BCUT2D eigenvalue weighted by Gasteiger charge is 2.39. The van der Waals surface area contributed by atoms with E-state index in [1.807, 2.05) is 66.7 Å². The summed E-state index contributed by atoms with van der Waals surface area (Å²) in [7, 11) is 3.23. The van der Waals surface area contributed by atoms with Crippen molar-refractivity contribution in [3.8, 4) is 11.5 Å². The summed E-state index contributed by atoms with van der Waals surface area (Å²) < 4.78 is 11.1. The third-order valence-corrected chi connectivity index (χ3v) is 6.86. The second kappa shape index (κ2) is 9.19. The molecule has 1 aliphatic heterocycles. The lowest BCUT2D eigenvalue weighted by Crippen LogP contribution is -2.31. The van der Waals surface area contributed by atoms with Gasteiger partial charge >= 0.3 is 0 Å². The maximum Gasteiger partial charge on any atom is 0.193 e. The third-order valence-electron chi connectivity index (χ3n) is 6.86. The van der Waals surface area contributed by atoms with Gasteiger partial charge in [0, 0.05) is 40.4 Å². The molecule has 0 fully saturated rings. The van der Waals surface area contributed by atoms with Crippen LogP contribution < -0.4 is 20.1 Å². The van der Waals surface area contributed by atoms with Crippen molar-refractivity contribution in [3.63, 3.8) is 0 Å². The van der Waals surface area contributed by atoms with Gasteiger partial charge in [-0.25, -0.2) is 0 Å². The summed E-state index contributed by atoms with van der Waals surface area (Å²) in [5, 5.41) is 7.11. The molecule has 0 saturated carbocycles. The number of carbonyl (C=O) groups excluding carboxylic acids is 2. The summed E-state index contributed by atoms with van der Waals surface area (Å²) in [4.78, 5) is 26.7. The van der Waals surface area contributed by atoms with Crippen molar-refractivity contribution in [2.24, 2.45) is 5.41 Å². The van der Waals surface area contributed by atoms with Crippen molar-refractivity contribution >= 4 is 22.9 Å². The number of rotatable bonds is 5. The first-order valence-electron chi connectivity index (χ1n) is 12.0. The number of carbonyl (C=O) groups is 2. The zero-order chi connectivity index (χ0) is 25.4. The van der Waals surface area contributed by atoms with Crippen LogP contribution in [-0.2, 0) is 4.79 Å². The minimum absolute atomic E-state index is 0.0490. The molecule has 6 heteroatoms. The van der Waals surface area contributed by atoms with E-state index in [1.165, 1.54) is 0 Å². The first kappa shape index (κ1) is 23.7. The lowest BCUT2D eigenvalue weighted by atomic mass is 9.73. The Labute approximate surface area is 211 Å². The molecule has 2 N–H and O–H groups in total. The molecule has 0 spiro atoms. The van der Waals surface area contributed by atoms with Crippen LogP contribution in [0.1, 0.15) is 54.2 Å². The molecule has 0 bridgehead atoms. The molecule has 5 rings (SSSR count). The fourth-order valence-corrected chi connectivity index (χ4v) is 5.13. The molecule has 184 valence electrons. The predicted molar refractivity (Wildman–Crippen MR) is 141 cm³/mol. The van der Waals surface area contributed by atoms with Gasteiger partial charge in [-0.3, -0.25) is 9.59 Å². The molecular weight excluding hydrogens is 452 g/mol. The van der Waals surface area contributed by atoms with Gasteiger partial charge < -0.3 is 20.1 Å². The Morgan fingerprint density at radius 3 is 2.39 bits per heavy atom. The van der Waals surface area contributed by atoms with Crippen molar-refractivity contribution in [2.75, 3.05) is 24.9 Å². The molecule has 0 amide bonds. The minimum Gasteiger partial charge on any atom is -0.497 e. The Morgan fingerprint density at radius 1 is 0.889 bits per heavy atom. The van der Waals surface area contributed by atoms with E-state index in [-0.39, 0.29) is 17.0 Å². The van der Waals surface area contributed by atoms with Gasteiger partial charge in [-0.2, -0.15) is 0 Å². The third kappa shape index (κ3) is 4.35. The highest BCUT2D eigenvalue weighted by Crippen LogP contribution is 2.47. The monoisotopic (exact) mass is 482 g/mol. The molecule has 2 aliphatic rings. The molecule has 3 aromatic carbocycles. The summed E-state index contributed by atoms with van der Waals surface area (Å²) in [5.74, 6) is 1.36. The Bertz CT molecular complexity index is 1370. The number of Topliss-reactive ketones (excluding diaryl/α,β-unsaturated/α-hetero) is 1. The molecule has 1 aliphatic carbocycles. The number of nitrogens with one attached hydrogen (secondary N) is 2. The number of benzene rings is 3. The average Bonchev–Trinajstić information content (AvgIpc) is 3.03. The van der Waals surface area contributed by atoms with Gasteiger partial charge in [-0.1, -0.05) is 44.2 Å². The fourth-order valence-electron chi connectivity index (χ4n) is 5.13. The van der Waals surface area contributed by atoms with Crippen molar-refractivity contribution in [2.45, 2.75) is 32.7 Å². The van der Waals surface area contributed by atoms with E-state index in [2.05, 4.69) is 24.5 Å². The van der Waals surface area contributed by atoms with E-state index in [4.69, 9.17) is 9.47 Å². The lowest BCUT2D eigenvalue weighted by molar-refractivity contribution is -0.118.